The van der Waals surface area contributed by atoms with Gasteiger partial charge in [0.15, 0.2) is 5.78 Å². The van der Waals surface area contributed by atoms with Gasteiger partial charge in [-0.15, -0.1) is 0 Å². The predicted molar refractivity (Wildman–Crippen MR) is 87.5 cm³/mol. The summed E-state index contributed by atoms with van der Waals surface area (Å²) in [4.78, 5) is 14.7. The summed E-state index contributed by atoms with van der Waals surface area (Å²) in [6, 6.07) is 21.4. The van der Waals surface area contributed by atoms with Crippen molar-refractivity contribution in [2.45, 2.75) is 31.0 Å². The Morgan fingerprint density at radius 3 is 2.36 bits per heavy atom. The molecule has 0 N–H and O–H groups in total. The lowest BCUT2D eigenvalue weighted by atomic mass is 9.91. The first kappa shape index (κ1) is 13.5. The molecule has 2 aromatic rings. The third-order valence-electron chi connectivity index (χ3n) is 4.89. The fourth-order valence-corrected chi connectivity index (χ4v) is 3.83. The monoisotopic (exact) mass is 289 g/mol. The molecule has 0 aromatic heterocycles. The molecule has 110 valence electrons. The first-order valence-corrected chi connectivity index (χ1v) is 7.89. The molecule has 2 nitrogen and oxygen atoms in total. The number of benzene rings is 2. The summed E-state index contributed by atoms with van der Waals surface area (Å²) in [7, 11) is 0. The van der Waals surface area contributed by atoms with E-state index in [2.05, 4.69) is 59.5 Å². The van der Waals surface area contributed by atoms with Gasteiger partial charge in [-0.2, -0.15) is 0 Å². The lowest BCUT2D eigenvalue weighted by Gasteiger charge is -2.31. The molecule has 0 spiro atoms. The van der Waals surface area contributed by atoms with Crippen LogP contribution in [-0.4, -0.2) is 22.8 Å². The molecule has 2 heterocycles. The zero-order valence-corrected chi connectivity index (χ0v) is 12.4. The van der Waals surface area contributed by atoms with Crippen molar-refractivity contribution in [3.05, 3.63) is 83.9 Å². The molecule has 2 bridgehead atoms. The maximum absolute atomic E-state index is 12.3. The Bertz CT molecular complexity index is 692. The molecule has 4 rings (SSSR count). The summed E-state index contributed by atoms with van der Waals surface area (Å²) in [6.45, 7) is 0.843. The van der Waals surface area contributed by atoms with Gasteiger partial charge in [0, 0.05) is 18.5 Å². The maximum atomic E-state index is 12.3. The standard InChI is InChI=1S/C20H19NO/c22-20-12-11-18-17(16-9-5-2-6-10-16)13-19(20)21(18)14-15-7-3-1-4-8-15/h1-12,17-19H,13-14H2/t17-,18?,19?/m1/s1. The highest BCUT2D eigenvalue weighted by molar-refractivity contribution is 5.96. The number of hydrogen-bond donors (Lipinski definition) is 0. The van der Waals surface area contributed by atoms with Crippen molar-refractivity contribution in [3.63, 3.8) is 0 Å². The molecule has 0 radical (unpaired) electrons. The van der Waals surface area contributed by atoms with E-state index in [4.69, 9.17) is 0 Å². The van der Waals surface area contributed by atoms with Crippen LogP contribution in [-0.2, 0) is 11.3 Å². The van der Waals surface area contributed by atoms with E-state index in [1.807, 2.05) is 12.1 Å². The van der Waals surface area contributed by atoms with Gasteiger partial charge in [-0.1, -0.05) is 66.7 Å². The average molecular weight is 289 g/mol. The van der Waals surface area contributed by atoms with E-state index in [0.717, 1.165) is 13.0 Å². The Labute approximate surface area is 131 Å². The van der Waals surface area contributed by atoms with Crippen molar-refractivity contribution in [1.29, 1.82) is 0 Å². The van der Waals surface area contributed by atoms with Crippen LogP contribution in [0, 0.1) is 0 Å². The van der Waals surface area contributed by atoms with Crippen LogP contribution in [0.2, 0.25) is 0 Å². The van der Waals surface area contributed by atoms with E-state index in [9.17, 15) is 4.79 Å². The third-order valence-corrected chi connectivity index (χ3v) is 4.89. The van der Waals surface area contributed by atoms with Crippen LogP contribution in [0.3, 0.4) is 0 Å². The summed E-state index contributed by atoms with van der Waals surface area (Å²) in [6.07, 6.45) is 4.82. The van der Waals surface area contributed by atoms with Gasteiger partial charge in [-0.05, 0) is 23.6 Å². The Hall–Kier alpha value is -2.19. The SMILES string of the molecule is O=C1C=CC2[C@@H](c3ccccc3)CC1N2Cc1ccccc1. The number of nitrogens with zero attached hydrogens (tertiary/aromatic N) is 1. The number of rotatable bonds is 3. The first-order valence-electron chi connectivity index (χ1n) is 7.89. The number of hydrogen-bond acceptors (Lipinski definition) is 2. The Balaban J connectivity index is 1.65. The lowest BCUT2D eigenvalue weighted by Crippen LogP contribution is -2.42. The second-order valence-electron chi connectivity index (χ2n) is 6.18. The van der Waals surface area contributed by atoms with Crippen molar-refractivity contribution >= 4 is 5.78 Å². The van der Waals surface area contributed by atoms with Crippen LogP contribution >= 0.6 is 0 Å². The van der Waals surface area contributed by atoms with Crippen molar-refractivity contribution in [2.75, 3.05) is 0 Å². The highest BCUT2D eigenvalue weighted by atomic mass is 16.1. The van der Waals surface area contributed by atoms with Gasteiger partial charge in [-0.3, -0.25) is 9.69 Å². The average Bonchev–Trinajstić information content (AvgIpc) is 2.83. The Kier molecular flexibility index (Phi) is 3.39. The normalized spacial score (nSPS) is 27.3. The molecule has 2 aliphatic rings. The van der Waals surface area contributed by atoms with Crippen LogP contribution in [0.25, 0.3) is 0 Å². The fourth-order valence-electron chi connectivity index (χ4n) is 3.83. The third kappa shape index (κ3) is 2.30. The van der Waals surface area contributed by atoms with E-state index in [1.165, 1.54) is 11.1 Å². The van der Waals surface area contributed by atoms with E-state index >= 15 is 0 Å². The van der Waals surface area contributed by atoms with Gasteiger partial charge in [0.25, 0.3) is 0 Å². The van der Waals surface area contributed by atoms with Gasteiger partial charge in [-0.25, -0.2) is 0 Å². The zero-order chi connectivity index (χ0) is 14.9. The van der Waals surface area contributed by atoms with Gasteiger partial charge >= 0.3 is 0 Å². The molecule has 3 atom stereocenters. The molecule has 0 amide bonds. The first-order chi connectivity index (χ1) is 10.8. The van der Waals surface area contributed by atoms with Gasteiger partial charge < -0.3 is 0 Å². The summed E-state index contributed by atoms with van der Waals surface area (Å²) in [5.74, 6) is 0.670. The Morgan fingerprint density at radius 1 is 0.955 bits per heavy atom. The van der Waals surface area contributed by atoms with Gasteiger partial charge in [0.05, 0.1) is 6.04 Å². The van der Waals surface area contributed by atoms with Crippen LogP contribution in [0.4, 0.5) is 0 Å². The van der Waals surface area contributed by atoms with Crippen molar-refractivity contribution in [1.82, 2.24) is 4.90 Å². The quantitative estimate of drug-likeness (QED) is 0.861. The molecule has 1 fully saturated rings. The summed E-state index contributed by atoms with van der Waals surface area (Å²) in [5, 5.41) is 0. The molecule has 2 aliphatic heterocycles. The van der Waals surface area contributed by atoms with Crippen LogP contribution in [0.1, 0.15) is 23.5 Å². The maximum Gasteiger partial charge on any atom is 0.172 e. The minimum absolute atomic E-state index is 0.0282. The van der Waals surface area contributed by atoms with Crippen LogP contribution in [0.15, 0.2) is 72.8 Å². The topological polar surface area (TPSA) is 20.3 Å². The molecule has 2 heteroatoms. The largest absolute Gasteiger partial charge is 0.293 e. The highest BCUT2D eigenvalue weighted by Crippen LogP contribution is 2.41. The summed E-state index contributed by atoms with van der Waals surface area (Å²) >= 11 is 0. The zero-order valence-electron chi connectivity index (χ0n) is 12.4. The fraction of sp³-hybridized carbons (Fsp3) is 0.250. The van der Waals surface area contributed by atoms with Gasteiger partial charge in [0.2, 0.25) is 0 Å². The predicted octanol–water partition coefficient (Wildman–Crippen LogP) is 3.55. The smallest absolute Gasteiger partial charge is 0.172 e. The van der Waals surface area contributed by atoms with Crippen LogP contribution < -0.4 is 0 Å². The molecule has 22 heavy (non-hydrogen) atoms. The molecule has 1 saturated heterocycles. The highest BCUT2D eigenvalue weighted by Gasteiger charge is 2.45. The van der Waals surface area contributed by atoms with E-state index < -0.39 is 0 Å². The number of fused-ring (bicyclic) bond motifs is 2. The molecule has 2 aromatic carbocycles. The molecule has 0 aliphatic carbocycles. The van der Waals surface area contributed by atoms with Crippen molar-refractivity contribution < 1.29 is 4.79 Å². The number of carbonyl (C=O) groups excluding carboxylic acids is 1. The molecule has 0 saturated carbocycles. The number of carbonyl (C=O) groups is 1. The minimum atomic E-state index is 0.0282. The Morgan fingerprint density at radius 2 is 1.64 bits per heavy atom. The van der Waals surface area contributed by atoms with Gasteiger partial charge in [0.1, 0.15) is 0 Å². The second-order valence-corrected chi connectivity index (χ2v) is 6.18. The summed E-state index contributed by atoms with van der Waals surface area (Å²) < 4.78 is 0. The van der Waals surface area contributed by atoms with E-state index in [-0.39, 0.29) is 11.8 Å². The van der Waals surface area contributed by atoms with E-state index in [0.29, 0.717) is 12.0 Å². The minimum Gasteiger partial charge on any atom is -0.293 e. The lowest BCUT2D eigenvalue weighted by molar-refractivity contribution is -0.119. The number of ketones is 1. The molecular formula is C20H19NO. The molecule has 2 unspecified atom stereocenters. The van der Waals surface area contributed by atoms with Crippen molar-refractivity contribution in [2.24, 2.45) is 0 Å². The van der Waals surface area contributed by atoms with Crippen LogP contribution in [0.5, 0.6) is 0 Å². The molecular weight excluding hydrogens is 270 g/mol. The van der Waals surface area contributed by atoms with Crippen molar-refractivity contribution in [3.8, 4) is 0 Å². The summed E-state index contributed by atoms with van der Waals surface area (Å²) in [5.41, 5.74) is 2.61. The van der Waals surface area contributed by atoms with E-state index in [1.54, 1.807) is 6.08 Å². The second kappa shape index (κ2) is 5.54.